The zero-order valence-electron chi connectivity index (χ0n) is 9.51. The predicted molar refractivity (Wildman–Crippen MR) is 66.9 cm³/mol. The third-order valence-electron chi connectivity index (χ3n) is 2.88. The van der Waals surface area contributed by atoms with Crippen LogP contribution in [0.5, 0.6) is 0 Å². The van der Waals surface area contributed by atoms with Crippen molar-refractivity contribution in [3.8, 4) is 0 Å². The van der Waals surface area contributed by atoms with E-state index in [-0.39, 0.29) is 27.5 Å². The molecule has 2 aromatic carbocycles. The van der Waals surface area contributed by atoms with E-state index in [0.717, 1.165) is 6.07 Å². The molecule has 0 saturated heterocycles. The Labute approximate surface area is 105 Å². The quantitative estimate of drug-likeness (QED) is 0.681. The first-order chi connectivity index (χ1) is 9.06. The molecule has 0 aliphatic rings. The molecular formula is C14H7FO4. The number of hydrogen-bond acceptors (Lipinski definition) is 3. The molecule has 3 rings (SSSR count). The Morgan fingerprint density at radius 2 is 1.68 bits per heavy atom. The lowest BCUT2D eigenvalue weighted by molar-refractivity contribution is 0.0697. The lowest BCUT2D eigenvalue weighted by Crippen LogP contribution is -2.04. The second-order valence-electron chi connectivity index (χ2n) is 4.09. The molecule has 0 aliphatic heterocycles. The van der Waals surface area contributed by atoms with E-state index < -0.39 is 17.2 Å². The third kappa shape index (κ3) is 1.76. The van der Waals surface area contributed by atoms with E-state index in [1.54, 1.807) is 0 Å². The SMILES string of the molecule is O=C(O)c1ccc2oc3ccc(F)cc3c(=O)c2c1. The highest BCUT2D eigenvalue weighted by Gasteiger charge is 2.11. The standard InChI is InChI=1S/C14H7FO4/c15-8-2-4-12-10(6-8)13(16)9-5-7(14(17)18)1-3-11(9)19-12/h1-6H,(H,17,18). The van der Waals surface area contributed by atoms with Gasteiger partial charge in [-0.15, -0.1) is 0 Å². The molecule has 1 heterocycles. The molecule has 0 saturated carbocycles. The maximum atomic E-state index is 13.1. The van der Waals surface area contributed by atoms with Crippen LogP contribution < -0.4 is 5.43 Å². The first-order valence-electron chi connectivity index (χ1n) is 5.46. The summed E-state index contributed by atoms with van der Waals surface area (Å²) in [5, 5.41) is 9.12. The van der Waals surface area contributed by atoms with E-state index >= 15 is 0 Å². The molecule has 3 aromatic rings. The molecule has 4 nitrogen and oxygen atoms in total. The number of carboxylic acids is 1. The summed E-state index contributed by atoms with van der Waals surface area (Å²) in [7, 11) is 0. The molecule has 0 spiro atoms. The number of rotatable bonds is 1. The van der Waals surface area contributed by atoms with Gasteiger partial charge in [0.25, 0.3) is 0 Å². The van der Waals surface area contributed by atoms with Crippen molar-refractivity contribution < 1.29 is 18.7 Å². The number of carboxylic acid groups (broad SMARTS) is 1. The molecule has 1 aromatic heterocycles. The Morgan fingerprint density at radius 1 is 1.05 bits per heavy atom. The van der Waals surface area contributed by atoms with Gasteiger partial charge in [0.2, 0.25) is 5.43 Å². The lowest BCUT2D eigenvalue weighted by Gasteiger charge is -2.02. The van der Waals surface area contributed by atoms with Crippen LogP contribution in [0, 0.1) is 5.82 Å². The van der Waals surface area contributed by atoms with Gasteiger partial charge in [-0.2, -0.15) is 0 Å². The maximum Gasteiger partial charge on any atom is 0.335 e. The number of fused-ring (bicyclic) bond motifs is 2. The fraction of sp³-hybridized carbons (Fsp3) is 0. The molecule has 5 heteroatoms. The van der Waals surface area contributed by atoms with Gasteiger partial charge < -0.3 is 9.52 Å². The normalized spacial score (nSPS) is 11.0. The van der Waals surface area contributed by atoms with Gasteiger partial charge in [-0.25, -0.2) is 9.18 Å². The molecule has 0 bridgehead atoms. The molecular weight excluding hydrogens is 251 g/mol. The van der Waals surface area contributed by atoms with E-state index in [9.17, 15) is 14.0 Å². The maximum absolute atomic E-state index is 13.1. The first kappa shape index (κ1) is 11.4. The van der Waals surface area contributed by atoms with Gasteiger partial charge in [-0.05, 0) is 36.4 Å². The number of carbonyl (C=O) groups is 1. The van der Waals surface area contributed by atoms with E-state index in [2.05, 4.69) is 0 Å². The summed E-state index contributed by atoms with van der Waals surface area (Å²) in [4.78, 5) is 23.1. The van der Waals surface area contributed by atoms with Gasteiger partial charge in [-0.3, -0.25) is 4.79 Å². The summed E-state index contributed by atoms with van der Waals surface area (Å²) in [6.45, 7) is 0. The minimum Gasteiger partial charge on any atom is -0.478 e. The number of halogens is 1. The summed E-state index contributed by atoms with van der Waals surface area (Å²) >= 11 is 0. The van der Waals surface area contributed by atoms with Crippen molar-refractivity contribution in [3.63, 3.8) is 0 Å². The van der Waals surface area contributed by atoms with E-state index in [4.69, 9.17) is 9.52 Å². The average Bonchev–Trinajstić information content (AvgIpc) is 2.39. The van der Waals surface area contributed by atoms with Gasteiger partial charge in [0.15, 0.2) is 0 Å². The van der Waals surface area contributed by atoms with Crippen molar-refractivity contribution in [1.29, 1.82) is 0 Å². The summed E-state index contributed by atoms with van der Waals surface area (Å²) in [5.74, 6) is -1.69. The number of hydrogen-bond donors (Lipinski definition) is 1. The molecule has 0 fully saturated rings. The molecule has 94 valence electrons. The highest BCUT2D eigenvalue weighted by atomic mass is 19.1. The van der Waals surface area contributed by atoms with Gasteiger partial charge in [0.1, 0.15) is 17.0 Å². The summed E-state index contributed by atoms with van der Waals surface area (Å²) in [6, 6.07) is 7.65. The molecule has 0 unspecified atom stereocenters. The second-order valence-corrected chi connectivity index (χ2v) is 4.09. The minimum absolute atomic E-state index is 0.0180. The third-order valence-corrected chi connectivity index (χ3v) is 2.88. The molecule has 0 atom stereocenters. The zero-order chi connectivity index (χ0) is 13.6. The van der Waals surface area contributed by atoms with Crippen molar-refractivity contribution in [2.45, 2.75) is 0 Å². The smallest absolute Gasteiger partial charge is 0.335 e. The first-order valence-corrected chi connectivity index (χ1v) is 5.46. The van der Waals surface area contributed by atoms with Gasteiger partial charge >= 0.3 is 5.97 Å². The zero-order valence-corrected chi connectivity index (χ0v) is 9.51. The summed E-state index contributed by atoms with van der Waals surface area (Å²) in [5.41, 5.74) is 0.0745. The highest BCUT2D eigenvalue weighted by molar-refractivity contribution is 5.95. The van der Waals surface area contributed by atoms with Crippen molar-refractivity contribution in [1.82, 2.24) is 0 Å². The summed E-state index contributed by atoms with van der Waals surface area (Å²) in [6.07, 6.45) is 0. The Kier molecular flexibility index (Phi) is 2.35. The van der Waals surface area contributed by atoms with Crippen molar-refractivity contribution in [3.05, 3.63) is 58.0 Å². The highest BCUT2D eigenvalue weighted by Crippen LogP contribution is 2.20. The lowest BCUT2D eigenvalue weighted by atomic mass is 10.1. The topological polar surface area (TPSA) is 67.5 Å². The van der Waals surface area contributed by atoms with Crippen molar-refractivity contribution >= 4 is 27.9 Å². The van der Waals surface area contributed by atoms with Crippen LogP contribution in [-0.4, -0.2) is 11.1 Å². The van der Waals surface area contributed by atoms with Crippen LogP contribution >= 0.6 is 0 Å². The van der Waals surface area contributed by atoms with Gasteiger partial charge in [0, 0.05) is 0 Å². The monoisotopic (exact) mass is 258 g/mol. The van der Waals surface area contributed by atoms with E-state index in [0.29, 0.717) is 0 Å². The minimum atomic E-state index is -1.14. The molecule has 0 amide bonds. The fourth-order valence-electron chi connectivity index (χ4n) is 1.96. The van der Waals surface area contributed by atoms with E-state index in [1.165, 1.54) is 30.3 Å². The van der Waals surface area contributed by atoms with E-state index in [1.807, 2.05) is 0 Å². The van der Waals surface area contributed by atoms with Gasteiger partial charge in [0.05, 0.1) is 16.3 Å². The Hall–Kier alpha value is -2.69. The van der Waals surface area contributed by atoms with Crippen molar-refractivity contribution in [2.75, 3.05) is 0 Å². The molecule has 0 aliphatic carbocycles. The van der Waals surface area contributed by atoms with Crippen LogP contribution in [0.2, 0.25) is 0 Å². The Bertz CT molecular complexity index is 880. The second kappa shape index (κ2) is 3.91. The number of aromatic carboxylic acids is 1. The largest absolute Gasteiger partial charge is 0.478 e. The molecule has 0 radical (unpaired) electrons. The Morgan fingerprint density at radius 3 is 2.37 bits per heavy atom. The molecule has 19 heavy (non-hydrogen) atoms. The van der Waals surface area contributed by atoms with Gasteiger partial charge in [-0.1, -0.05) is 0 Å². The molecule has 1 N–H and O–H groups in total. The van der Waals surface area contributed by atoms with Crippen LogP contribution in [0.15, 0.2) is 45.6 Å². The van der Waals surface area contributed by atoms with Crippen LogP contribution in [0.3, 0.4) is 0 Å². The van der Waals surface area contributed by atoms with Crippen LogP contribution in [0.25, 0.3) is 21.9 Å². The predicted octanol–water partition coefficient (Wildman–Crippen LogP) is 2.78. The summed E-state index contributed by atoms with van der Waals surface area (Å²) < 4.78 is 18.6. The van der Waals surface area contributed by atoms with Crippen molar-refractivity contribution in [2.24, 2.45) is 0 Å². The average molecular weight is 258 g/mol. The Balaban J connectivity index is 2.48. The van der Waals surface area contributed by atoms with Crippen LogP contribution in [-0.2, 0) is 0 Å². The van der Waals surface area contributed by atoms with Crippen LogP contribution in [0.4, 0.5) is 4.39 Å². The van der Waals surface area contributed by atoms with Crippen LogP contribution in [0.1, 0.15) is 10.4 Å². The number of benzene rings is 2. The fourth-order valence-corrected chi connectivity index (χ4v) is 1.96.